The van der Waals surface area contributed by atoms with Gasteiger partial charge in [-0.15, -0.1) is 0 Å². The molecule has 0 unspecified atom stereocenters. The van der Waals surface area contributed by atoms with Crippen molar-refractivity contribution in [3.8, 4) is 0 Å². The number of anilines is 2. The highest BCUT2D eigenvalue weighted by Crippen LogP contribution is 2.29. The monoisotopic (exact) mass is 462 g/mol. The summed E-state index contributed by atoms with van der Waals surface area (Å²) in [6.07, 6.45) is 0.509. The molecule has 0 bridgehead atoms. The Labute approximate surface area is 167 Å². The van der Waals surface area contributed by atoms with Crippen LogP contribution in [0.3, 0.4) is 0 Å². The first-order chi connectivity index (χ1) is 12.5. The quantitative estimate of drug-likeness (QED) is 0.399. The summed E-state index contributed by atoms with van der Waals surface area (Å²) in [5.41, 5.74) is 6.56. The highest BCUT2D eigenvalue weighted by Gasteiger charge is 2.11. The zero-order chi connectivity index (χ0) is 18.7. The second-order valence-electron chi connectivity index (χ2n) is 6.42. The number of nitrogens with zero attached hydrogens (tertiary/aromatic N) is 2. The minimum absolute atomic E-state index is 0.158. The van der Waals surface area contributed by atoms with Crippen LogP contribution in [0.2, 0.25) is 0 Å². The normalized spacial score (nSPS) is 10.9. The van der Waals surface area contributed by atoms with E-state index in [1.165, 1.54) is 11.1 Å². The summed E-state index contributed by atoms with van der Waals surface area (Å²) in [5.74, 6) is 0.971. The number of benzene rings is 2. The fourth-order valence-electron chi connectivity index (χ4n) is 2.94. The Kier molecular flexibility index (Phi) is 5.80. The summed E-state index contributed by atoms with van der Waals surface area (Å²) in [6, 6.07) is 12.5. The first-order valence-electron chi connectivity index (χ1n) is 8.63. The number of rotatable bonds is 7. The number of fused-ring (bicyclic) bond motifs is 1. The minimum atomic E-state index is 0.158. The van der Waals surface area contributed by atoms with E-state index in [2.05, 4.69) is 58.5 Å². The molecule has 6 heteroatoms. The number of aryl methyl sites for hydroxylation is 3. The third kappa shape index (κ3) is 4.17. The summed E-state index contributed by atoms with van der Waals surface area (Å²) in [7, 11) is 2.02. The first kappa shape index (κ1) is 18.7. The van der Waals surface area contributed by atoms with Gasteiger partial charge < -0.3 is 15.2 Å². The van der Waals surface area contributed by atoms with Gasteiger partial charge in [-0.3, -0.25) is 4.79 Å². The van der Waals surface area contributed by atoms with Crippen LogP contribution in [-0.2, 0) is 18.4 Å². The molecule has 2 aromatic carbocycles. The highest BCUT2D eigenvalue weighted by atomic mass is 127. The van der Waals surface area contributed by atoms with E-state index >= 15 is 0 Å². The summed E-state index contributed by atoms with van der Waals surface area (Å²) in [6.45, 7) is 5.50. The molecule has 0 radical (unpaired) electrons. The molecule has 3 rings (SSSR count). The molecule has 3 aromatic rings. The van der Waals surface area contributed by atoms with Gasteiger partial charge in [0.05, 0.1) is 11.2 Å². The average Bonchev–Trinajstić information content (AvgIpc) is 2.89. The van der Waals surface area contributed by atoms with Crippen LogP contribution in [0.4, 0.5) is 11.4 Å². The molecule has 0 aliphatic heterocycles. The van der Waals surface area contributed by atoms with Crippen molar-refractivity contribution in [3.05, 3.63) is 53.3 Å². The van der Waals surface area contributed by atoms with Crippen molar-refractivity contribution in [1.82, 2.24) is 9.55 Å². The number of carbonyl (C=O) groups is 1. The molecule has 136 valence electrons. The molecule has 2 N–H and O–H groups in total. The topological polar surface area (TPSA) is 58.9 Å². The maximum absolute atomic E-state index is 11.2. The van der Waals surface area contributed by atoms with Gasteiger partial charge in [-0.1, -0.05) is 24.3 Å². The van der Waals surface area contributed by atoms with E-state index in [0.29, 0.717) is 13.0 Å². The van der Waals surface area contributed by atoms with Gasteiger partial charge in [0.15, 0.2) is 3.79 Å². The zero-order valence-corrected chi connectivity index (χ0v) is 17.4. The van der Waals surface area contributed by atoms with E-state index in [0.717, 1.165) is 34.8 Å². The second kappa shape index (κ2) is 8.07. The number of hydrogen-bond donors (Lipinski definition) is 2. The van der Waals surface area contributed by atoms with Crippen LogP contribution in [0.5, 0.6) is 0 Å². The Bertz CT molecular complexity index is 948. The van der Waals surface area contributed by atoms with Crippen LogP contribution >= 0.6 is 22.6 Å². The van der Waals surface area contributed by atoms with Gasteiger partial charge in [-0.05, 0) is 59.7 Å². The Morgan fingerprint density at radius 3 is 2.69 bits per heavy atom. The lowest BCUT2D eigenvalue weighted by Crippen LogP contribution is -2.06. The average molecular weight is 462 g/mol. The van der Waals surface area contributed by atoms with E-state index in [9.17, 15) is 4.79 Å². The largest absolute Gasteiger partial charge is 0.384 e. The SMILES string of the molecule is Cc1ccccc1CNc1cc(NCCC(=O)I)cc2c1nc(C)n2C. The third-order valence-corrected chi connectivity index (χ3v) is 5.13. The predicted molar refractivity (Wildman–Crippen MR) is 116 cm³/mol. The number of imidazole rings is 1. The lowest BCUT2D eigenvalue weighted by atomic mass is 10.1. The molecule has 26 heavy (non-hydrogen) atoms. The first-order valence-corrected chi connectivity index (χ1v) is 9.71. The summed E-state index contributed by atoms with van der Waals surface area (Å²) in [5, 5.41) is 6.89. The van der Waals surface area contributed by atoms with E-state index < -0.39 is 0 Å². The molecule has 0 atom stereocenters. The predicted octanol–water partition coefficient (Wildman–Crippen LogP) is 4.57. The van der Waals surface area contributed by atoms with Gasteiger partial charge >= 0.3 is 0 Å². The fraction of sp³-hybridized carbons (Fsp3) is 0.300. The zero-order valence-electron chi connectivity index (χ0n) is 15.3. The number of nitrogens with one attached hydrogen (secondary N) is 2. The van der Waals surface area contributed by atoms with Gasteiger partial charge in [-0.25, -0.2) is 4.98 Å². The number of aromatic nitrogens is 2. The van der Waals surface area contributed by atoms with Gasteiger partial charge in [0.1, 0.15) is 11.3 Å². The van der Waals surface area contributed by atoms with Gasteiger partial charge in [0, 0.05) is 32.2 Å². The van der Waals surface area contributed by atoms with Crippen molar-refractivity contribution in [2.75, 3.05) is 17.2 Å². The summed E-state index contributed by atoms with van der Waals surface area (Å²) < 4.78 is 2.24. The van der Waals surface area contributed by atoms with Crippen molar-refractivity contribution >= 4 is 48.8 Å². The molecular weight excluding hydrogens is 439 g/mol. The standard InChI is InChI=1S/C20H23IN4O/c1-13-6-4-5-7-15(13)12-23-17-10-16(22-9-8-19(21)26)11-18-20(17)24-14(2)25(18)3/h4-7,10-11,22-23H,8-9,12H2,1-3H3. The van der Waals surface area contributed by atoms with E-state index in [-0.39, 0.29) is 3.79 Å². The maximum atomic E-state index is 11.2. The fourth-order valence-corrected chi connectivity index (χ4v) is 3.21. The van der Waals surface area contributed by atoms with Crippen LogP contribution in [-0.4, -0.2) is 19.9 Å². The smallest absolute Gasteiger partial charge is 0.194 e. The summed E-state index contributed by atoms with van der Waals surface area (Å²) in [4.78, 5) is 15.9. The third-order valence-electron chi connectivity index (χ3n) is 4.59. The van der Waals surface area contributed by atoms with Crippen LogP contribution in [0.1, 0.15) is 23.4 Å². The Balaban J connectivity index is 1.90. The van der Waals surface area contributed by atoms with Crippen LogP contribution in [0, 0.1) is 13.8 Å². The Hall–Kier alpha value is -2.09. The van der Waals surface area contributed by atoms with Crippen LogP contribution < -0.4 is 10.6 Å². The van der Waals surface area contributed by atoms with Crippen molar-refractivity contribution in [2.24, 2.45) is 7.05 Å². The number of halogens is 1. The molecule has 5 nitrogen and oxygen atoms in total. The second-order valence-corrected chi connectivity index (χ2v) is 7.62. The maximum Gasteiger partial charge on any atom is 0.194 e. The Morgan fingerprint density at radius 1 is 1.19 bits per heavy atom. The van der Waals surface area contributed by atoms with Crippen molar-refractivity contribution < 1.29 is 4.79 Å². The van der Waals surface area contributed by atoms with Crippen LogP contribution in [0.25, 0.3) is 11.0 Å². The Morgan fingerprint density at radius 2 is 1.96 bits per heavy atom. The van der Waals surface area contributed by atoms with Gasteiger partial charge in [0.2, 0.25) is 0 Å². The number of hydrogen-bond acceptors (Lipinski definition) is 4. The highest BCUT2D eigenvalue weighted by molar-refractivity contribution is 14.1. The van der Waals surface area contributed by atoms with Gasteiger partial charge in [0.25, 0.3) is 0 Å². The molecule has 0 saturated carbocycles. The summed E-state index contributed by atoms with van der Waals surface area (Å²) >= 11 is 1.83. The van der Waals surface area contributed by atoms with Crippen molar-refractivity contribution in [3.63, 3.8) is 0 Å². The van der Waals surface area contributed by atoms with Crippen molar-refractivity contribution in [2.45, 2.75) is 26.8 Å². The molecule has 0 spiro atoms. The molecule has 0 amide bonds. The molecule has 0 fully saturated rings. The molecule has 0 saturated heterocycles. The van der Waals surface area contributed by atoms with E-state index in [1.54, 1.807) is 0 Å². The van der Waals surface area contributed by atoms with E-state index in [1.807, 2.05) is 36.6 Å². The lowest BCUT2D eigenvalue weighted by Gasteiger charge is -2.13. The lowest BCUT2D eigenvalue weighted by molar-refractivity contribution is -0.109. The number of carbonyl (C=O) groups excluding carboxylic acids is 1. The molecule has 1 aromatic heterocycles. The molecule has 0 aliphatic rings. The molecule has 1 heterocycles. The van der Waals surface area contributed by atoms with Crippen molar-refractivity contribution in [1.29, 1.82) is 0 Å². The molecule has 0 aliphatic carbocycles. The minimum Gasteiger partial charge on any atom is -0.384 e. The van der Waals surface area contributed by atoms with Crippen LogP contribution in [0.15, 0.2) is 36.4 Å². The van der Waals surface area contributed by atoms with Gasteiger partial charge in [-0.2, -0.15) is 0 Å². The molecular formula is C20H23IN4O. The van der Waals surface area contributed by atoms with E-state index in [4.69, 9.17) is 4.98 Å².